The Labute approximate surface area is 176 Å². The van der Waals surface area contributed by atoms with Crippen molar-refractivity contribution < 1.29 is 14.3 Å². The normalized spacial score (nSPS) is 42.1. The number of hydrogen-bond donors (Lipinski definition) is 1. The maximum atomic E-state index is 12.0. The third-order valence-electron chi connectivity index (χ3n) is 9.19. The van der Waals surface area contributed by atoms with E-state index in [4.69, 9.17) is 0 Å². The number of nitrogens with zero attached hydrogens (tertiary/aromatic N) is 1. The van der Waals surface area contributed by atoms with Crippen LogP contribution < -0.4 is 0 Å². The Hall–Kier alpha value is -0.990. The molecular formula is C24H37NO3P+. The van der Waals surface area contributed by atoms with E-state index >= 15 is 0 Å². The maximum Gasteiger partial charge on any atom is 0.545 e. The first-order valence-electron chi connectivity index (χ1n) is 11.3. The molecule has 3 fully saturated rings. The fraction of sp³-hybridized carbons (Fsp3) is 0.792. The zero-order valence-electron chi connectivity index (χ0n) is 18.6. The van der Waals surface area contributed by atoms with Crippen molar-refractivity contribution in [2.24, 2.45) is 28.6 Å². The van der Waals surface area contributed by atoms with Gasteiger partial charge in [-0.05, 0) is 111 Å². The first kappa shape index (κ1) is 21.2. The van der Waals surface area contributed by atoms with E-state index in [1.165, 1.54) is 31.3 Å². The molecular weight excluding hydrogens is 381 g/mol. The van der Waals surface area contributed by atoms with E-state index in [9.17, 15) is 14.3 Å². The summed E-state index contributed by atoms with van der Waals surface area (Å²) >= 11 is 0. The van der Waals surface area contributed by atoms with Crippen molar-refractivity contribution in [3.05, 3.63) is 23.0 Å². The fourth-order valence-corrected chi connectivity index (χ4v) is 8.18. The third-order valence-corrected chi connectivity index (χ3v) is 9.94. The second-order valence-corrected chi connectivity index (χ2v) is 12.5. The molecule has 160 valence electrons. The van der Waals surface area contributed by atoms with Crippen molar-refractivity contribution >= 4 is 14.4 Å². The summed E-state index contributed by atoms with van der Waals surface area (Å²) in [5.74, 6) is 2.02. The van der Waals surface area contributed by atoms with Gasteiger partial charge in [0.25, 0.3) is 0 Å². The number of rotatable bonds is 3. The number of fused-ring (bicyclic) bond motifs is 5. The van der Waals surface area contributed by atoms with E-state index in [0.717, 1.165) is 25.7 Å². The van der Waals surface area contributed by atoms with Crippen LogP contribution in [0.5, 0.6) is 0 Å². The van der Waals surface area contributed by atoms with Crippen LogP contribution in [0.3, 0.4) is 0 Å². The van der Waals surface area contributed by atoms with Gasteiger partial charge in [0.2, 0.25) is 11.7 Å². The van der Waals surface area contributed by atoms with Crippen LogP contribution in [0, 0.1) is 28.6 Å². The number of amides is 1. The highest BCUT2D eigenvalue weighted by molar-refractivity contribution is 7.43. The van der Waals surface area contributed by atoms with Crippen LogP contribution in [0.2, 0.25) is 0 Å². The first-order valence-corrected chi connectivity index (χ1v) is 12.5. The molecule has 4 aliphatic rings. The van der Waals surface area contributed by atoms with E-state index in [2.05, 4.69) is 39.5 Å². The number of carbonyl (C=O) groups is 1. The van der Waals surface area contributed by atoms with Gasteiger partial charge in [0.05, 0.1) is 0 Å². The minimum atomic E-state index is -2.24. The molecule has 1 N–H and O–H groups in total. The highest BCUT2D eigenvalue weighted by Crippen LogP contribution is 2.66. The van der Waals surface area contributed by atoms with Crippen LogP contribution in [0.1, 0.15) is 79.6 Å². The number of hydrogen-bond acceptors (Lipinski definition) is 2. The molecule has 0 aromatic heterocycles. The Morgan fingerprint density at radius 3 is 2.52 bits per heavy atom. The zero-order valence-corrected chi connectivity index (χ0v) is 19.5. The average molecular weight is 419 g/mol. The minimum absolute atomic E-state index is 0.131. The molecule has 0 heterocycles. The van der Waals surface area contributed by atoms with Crippen LogP contribution in [0.4, 0.5) is 0 Å². The molecule has 0 radical (unpaired) electrons. The van der Waals surface area contributed by atoms with E-state index in [1.54, 1.807) is 0 Å². The van der Waals surface area contributed by atoms with Crippen LogP contribution in [-0.4, -0.2) is 27.8 Å². The summed E-state index contributed by atoms with van der Waals surface area (Å²) in [6.45, 7) is 11.3. The summed E-state index contributed by atoms with van der Waals surface area (Å²) in [6, 6.07) is 0.340. The van der Waals surface area contributed by atoms with Crippen LogP contribution >= 0.6 is 8.03 Å². The van der Waals surface area contributed by atoms with Gasteiger partial charge in [-0.1, -0.05) is 19.4 Å². The minimum Gasteiger partial charge on any atom is -0.337 e. The van der Waals surface area contributed by atoms with Crippen molar-refractivity contribution in [2.45, 2.75) is 91.1 Å². The van der Waals surface area contributed by atoms with Crippen molar-refractivity contribution in [3.63, 3.8) is 0 Å². The molecule has 1 unspecified atom stereocenters. The lowest BCUT2D eigenvalue weighted by Gasteiger charge is -2.58. The summed E-state index contributed by atoms with van der Waals surface area (Å²) in [4.78, 5) is 23.7. The molecule has 1 amide bonds. The second kappa shape index (κ2) is 7.02. The molecule has 4 aliphatic carbocycles. The molecule has 0 aromatic rings. The monoisotopic (exact) mass is 418 g/mol. The largest absolute Gasteiger partial charge is 0.545 e. The lowest BCUT2D eigenvalue weighted by atomic mass is 9.47. The van der Waals surface area contributed by atoms with Crippen LogP contribution in [-0.2, 0) is 9.36 Å². The Kier molecular flexibility index (Phi) is 5.15. The summed E-state index contributed by atoms with van der Waals surface area (Å²) in [6.07, 6.45) is 13.0. The lowest BCUT2D eigenvalue weighted by molar-refractivity contribution is -0.132. The number of allylic oxidation sites excluding steroid dienone is 4. The third kappa shape index (κ3) is 3.17. The summed E-state index contributed by atoms with van der Waals surface area (Å²) in [7, 11) is -2.24. The Balaban J connectivity index is 1.62. The summed E-state index contributed by atoms with van der Waals surface area (Å²) in [5, 5.41) is 0.624. The van der Waals surface area contributed by atoms with Gasteiger partial charge in [0.1, 0.15) is 0 Å². The maximum absolute atomic E-state index is 12.0. The van der Waals surface area contributed by atoms with Crippen LogP contribution in [0.25, 0.3) is 0 Å². The predicted octanol–water partition coefficient (Wildman–Crippen LogP) is 5.80. The highest BCUT2D eigenvalue weighted by atomic mass is 31.1. The first-order chi connectivity index (χ1) is 13.5. The smallest absolute Gasteiger partial charge is 0.337 e. The van der Waals surface area contributed by atoms with E-state index in [0.29, 0.717) is 29.1 Å². The van der Waals surface area contributed by atoms with Gasteiger partial charge >= 0.3 is 8.03 Å². The van der Waals surface area contributed by atoms with E-state index < -0.39 is 8.03 Å². The molecule has 0 bridgehead atoms. The van der Waals surface area contributed by atoms with Crippen LogP contribution in [0.15, 0.2) is 23.0 Å². The van der Waals surface area contributed by atoms with Gasteiger partial charge in [-0.25, -0.2) is 0 Å². The van der Waals surface area contributed by atoms with Crippen molar-refractivity contribution in [3.8, 4) is 0 Å². The summed E-state index contributed by atoms with van der Waals surface area (Å²) < 4.78 is 11.6. The molecule has 0 spiro atoms. The van der Waals surface area contributed by atoms with Gasteiger partial charge in [-0.2, -0.15) is 4.89 Å². The lowest BCUT2D eigenvalue weighted by Crippen LogP contribution is -2.57. The number of carbonyl (C=O) groups excluding carboxylic acids is 1. The topological polar surface area (TPSA) is 57.6 Å². The molecule has 29 heavy (non-hydrogen) atoms. The Morgan fingerprint density at radius 2 is 1.90 bits per heavy atom. The predicted molar refractivity (Wildman–Crippen MR) is 116 cm³/mol. The summed E-state index contributed by atoms with van der Waals surface area (Å²) in [5.41, 5.74) is 1.60. The van der Waals surface area contributed by atoms with E-state index in [-0.39, 0.29) is 16.4 Å². The molecule has 5 heteroatoms. The molecule has 4 nitrogen and oxygen atoms in total. The van der Waals surface area contributed by atoms with Crippen molar-refractivity contribution in [1.82, 2.24) is 4.90 Å². The molecule has 0 aromatic carbocycles. The standard InChI is InChI=1S/C24H36NO3P/c1-22(2,3)25(15-26)21-9-8-19-18-7-6-16-14-17(29(27)28)10-12-23(16,4)20(18)11-13-24(19,21)5/h10,14-15,18-21H,6-9,11-13H2,1-5H3/p+1/t18-,19-,20-,21-,23-,24-/m0/s1. The Bertz CT molecular complexity index is 781. The SMILES string of the molecule is CC(C)(C)N(C=O)[C@H]1CC[C@H]2[C@@H]3CCC4=CC([P+](=O)O)=CC[C@]4(C)[C@H]3CC[C@]12C. The van der Waals surface area contributed by atoms with Gasteiger partial charge < -0.3 is 4.90 Å². The molecule has 3 saturated carbocycles. The quantitative estimate of drug-likeness (QED) is 0.465. The average Bonchev–Trinajstić information content (AvgIpc) is 2.97. The molecule has 0 aliphatic heterocycles. The van der Waals surface area contributed by atoms with Gasteiger partial charge in [-0.3, -0.25) is 4.79 Å². The van der Waals surface area contributed by atoms with E-state index in [1.807, 2.05) is 12.2 Å². The Morgan fingerprint density at radius 1 is 1.17 bits per heavy atom. The van der Waals surface area contributed by atoms with Crippen molar-refractivity contribution in [1.29, 1.82) is 0 Å². The second-order valence-electron chi connectivity index (χ2n) is 11.4. The molecule has 4 rings (SSSR count). The van der Waals surface area contributed by atoms with Crippen molar-refractivity contribution in [2.75, 3.05) is 0 Å². The van der Waals surface area contributed by atoms with Gasteiger partial charge in [-0.15, -0.1) is 0 Å². The molecule has 7 atom stereocenters. The molecule has 0 saturated heterocycles. The van der Waals surface area contributed by atoms with Gasteiger partial charge in [0.15, 0.2) is 0 Å². The van der Waals surface area contributed by atoms with Gasteiger partial charge in [0, 0.05) is 11.6 Å². The fourth-order valence-electron chi connectivity index (χ4n) is 7.66. The zero-order chi connectivity index (χ0) is 21.2. The highest BCUT2D eigenvalue weighted by Gasteiger charge is 2.60.